The lowest BCUT2D eigenvalue weighted by Gasteiger charge is -2.09. The largest absolute Gasteiger partial charge is 0.493 e. The molecule has 6 heteroatoms. The minimum atomic E-state index is -0.147. The third-order valence-corrected chi connectivity index (χ3v) is 4.98. The molecule has 0 atom stereocenters. The van der Waals surface area contributed by atoms with Crippen molar-refractivity contribution in [1.29, 1.82) is 0 Å². The molecule has 0 aliphatic heterocycles. The maximum atomic E-state index is 12.3. The Kier molecular flexibility index (Phi) is 6.44. The van der Waals surface area contributed by atoms with Gasteiger partial charge in [-0.2, -0.15) is 0 Å². The van der Waals surface area contributed by atoms with Crippen molar-refractivity contribution in [2.75, 3.05) is 20.8 Å². The number of rotatable bonds is 8. The molecule has 27 heavy (non-hydrogen) atoms. The molecule has 1 amide bonds. The van der Waals surface area contributed by atoms with Crippen LogP contribution in [0.15, 0.2) is 53.9 Å². The number of thiazole rings is 1. The van der Waals surface area contributed by atoms with Gasteiger partial charge in [-0.3, -0.25) is 4.79 Å². The first-order chi connectivity index (χ1) is 13.2. The van der Waals surface area contributed by atoms with Crippen LogP contribution in [-0.4, -0.2) is 31.7 Å². The third kappa shape index (κ3) is 5.08. The van der Waals surface area contributed by atoms with Gasteiger partial charge < -0.3 is 14.8 Å². The Bertz CT molecular complexity index is 893. The van der Waals surface area contributed by atoms with Crippen molar-refractivity contribution in [2.24, 2.45) is 0 Å². The minimum absolute atomic E-state index is 0.147. The summed E-state index contributed by atoms with van der Waals surface area (Å²) in [6, 6.07) is 15.9. The highest BCUT2D eigenvalue weighted by Gasteiger charge is 2.11. The van der Waals surface area contributed by atoms with E-state index in [9.17, 15) is 4.79 Å². The Hall–Kier alpha value is -2.86. The minimum Gasteiger partial charge on any atom is -0.493 e. The average Bonchev–Trinajstić information content (AvgIpc) is 3.17. The SMILES string of the molecule is COc1ccc(CCNC(=O)c2csc(Cc3ccccc3)n2)cc1OC. The summed E-state index contributed by atoms with van der Waals surface area (Å²) in [4.78, 5) is 16.8. The van der Waals surface area contributed by atoms with E-state index in [0.29, 0.717) is 30.2 Å². The molecule has 0 fully saturated rings. The summed E-state index contributed by atoms with van der Waals surface area (Å²) in [6.07, 6.45) is 1.44. The molecule has 2 aromatic carbocycles. The van der Waals surface area contributed by atoms with Crippen LogP contribution in [0.1, 0.15) is 26.6 Å². The van der Waals surface area contributed by atoms with Gasteiger partial charge in [0.1, 0.15) is 5.69 Å². The average molecular weight is 382 g/mol. The number of hydrogen-bond donors (Lipinski definition) is 1. The number of ether oxygens (including phenoxy) is 2. The molecule has 140 valence electrons. The lowest BCUT2D eigenvalue weighted by atomic mass is 10.1. The second-order valence-corrected chi connectivity index (χ2v) is 6.93. The Morgan fingerprint density at radius 1 is 1.04 bits per heavy atom. The van der Waals surface area contributed by atoms with Crippen LogP contribution in [0.25, 0.3) is 0 Å². The van der Waals surface area contributed by atoms with Crippen molar-refractivity contribution >= 4 is 17.2 Å². The molecule has 0 radical (unpaired) electrons. The van der Waals surface area contributed by atoms with Crippen molar-refractivity contribution in [2.45, 2.75) is 12.8 Å². The van der Waals surface area contributed by atoms with Crippen LogP contribution in [-0.2, 0) is 12.8 Å². The van der Waals surface area contributed by atoms with Gasteiger partial charge in [-0.25, -0.2) is 4.98 Å². The predicted molar refractivity (Wildman–Crippen MR) is 107 cm³/mol. The van der Waals surface area contributed by atoms with Crippen LogP contribution in [0.4, 0.5) is 0 Å². The standard InChI is InChI=1S/C21H22N2O3S/c1-25-18-9-8-16(12-19(18)26-2)10-11-22-21(24)17-14-27-20(23-17)13-15-6-4-3-5-7-15/h3-9,12,14H,10-11,13H2,1-2H3,(H,22,24). The Labute approximate surface area is 163 Å². The highest BCUT2D eigenvalue weighted by Crippen LogP contribution is 2.27. The number of aromatic nitrogens is 1. The second kappa shape index (κ2) is 9.19. The Morgan fingerprint density at radius 2 is 1.81 bits per heavy atom. The second-order valence-electron chi connectivity index (χ2n) is 5.98. The van der Waals surface area contributed by atoms with Crippen LogP contribution >= 0.6 is 11.3 Å². The molecule has 0 bridgehead atoms. The molecule has 0 spiro atoms. The number of carbonyl (C=O) groups excluding carboxylic acids is 1. The number of amides is 1. The van der Waals surface area contributed by atoms with Gasteiger partial charge in [-0.05, 0) is 29.7 Å². The van der Waals surface area contributed by atoms with E-state index >= 15 is 0 Å². The van der Waals surface area contributed by atoms with Gasteiger partial charge in [-0.15, -0.1) is 11.3 Å². The summed E-state index contributed by atoms with van der Waals surface area (Å²) in [6.45, 7) is 0.528. The molecule has 0 unspecified atom stereocenters. The Balaban J connectivity index is 1.52. The number of benzene rings is 2. The fraction of sp³-hybridized carbons (Fsp3) is 0.238. The number of hydrogen-bond acceptors (Lipinski definition) is 5. The van der Waals surface area contributed by atoms with Gasteiger partial charge in [0.2, 0.25) is 0 Å². The van der Waals surface area contributed by atoms with Crippen LogP contribution in [0, 0.1) is 0 Å². The summed E-state index contributed by atoms with van der Waals surface area (Å²) < 4.78 is 10.5. The summed E-state index contributed by atoms with van der Waals surface area (Å²) >= 11 is 1.51. The smallest absolute Gasteiger partial charge is 0.270 e. The number of methoxy groups -OCH3 is 2. The van der Waals surface area contributed by atoms with E-state index in [1.54, 1.807) is 14.2 Å². The molecular weight excluding hydrogens is 360 g/mol. The van der Waals surface area contributed by atoms with Crippen molar-refractivity contribution in [3.05, 3.63) is 75.7 Å². The molecule has 3 rings (SSSR count). The summed E-state index contributed by atoms with van der Waals surface area (Å²) in [7, 11) is 3.22. The number of nitrogens with one attached hydrogen (secondary N) is 1. The van der Waals surface area contributed by atoms with E-state index in [1.165, 1.54) is 16.9 Å². The third-order valence-electron chi connectivity index (χ3n) is 4.13. The van der Waals surface area contributed by atoms with Crippen molar-refractivity contribution in [3.8, 4) is 11.5 Å². The molecule has 5 nitrogen and oxygen atoms in total. The van der Waals surface area contributed by atoms with Crippen molar-refractivity contribution in [3.63, 3.8) is 0 Å². The van der Waals surface area contributed by atoms with Crippen LogP contribution in [0.5, 0.6) is 11.5 Å². The van der Waals surface area contributed by atoms with E-state index in [1.807, 2.05) is 41.8 Å². The van der Waals surface area contributed by atoms with E-state index in [2.05, 4.69) is 22.4 Å². The molecule has 0 aliphatic carbocycles. The van der Waals surface area contributed by atoms with Gasteiger partial charge in [0.25, 0.3) is 5.91 Å². The zero-order valence-corrected chi connectivity index (χ0v) is 16.2. The molecule has 1 heterocycles. The predicted octanol–water partition coefficient (Wildman–Crippen LogP) is 3.72. The van der Waals surface area contributed by atoms with Crippen molar-refractivity contribution in [1.82, 2.24) is 10.3 Å². The Morgan fingerprint density at radius 3 is 2.56 bits per heavy atom. The fourth-order valence-electron chi connectivity index (χ4n) is 2.71. The molecule has 0 aliphatic rings. The van der Waals surface area contributed by atoms with Gasteiger partial charge in [0.15, 0.2) is 11.5 Å². The van der Waals surface area contributed by atoms with Gasteiger partial charge in [0, 0.05) is 18.3 Å². The summed E-state index contributed by atoms with van der Waals surface area (Å²) in [5.41, 5.74) is 2.72. The zero-order valence-electron chi connectivity index (χ0n) is 15.4. The number of carbonyl (C=O) groups is 1. The number of nitrogens with zero attached hydrogens (tertiary/aromatic N) is 1. The molecule has 1 aromatic heterocycles. The van der Waals surface area contributed by atoms with E-state index in [0.717, 1.165) is 17.0 Å². The lowest BCUT2D eigenvalue weighted by molar-refractivity contribution is 0.0949. The molecule has 1 N–H and O–H groups in total. The lowest BCUT2D eigenvalue weighted by Crippen LogP contribution is -2.26. The summed E-state index contributed by atoms with van der Waals surface area (Å²) in [5.74, 6) is 1.23. The monoisotopic (exact) mass is 382 g/mol. The van der Waals surface area contributed by atoms with E-state index in [-0.39, 0.29) is 5.91 Å². The first-order valence-electron chi connectivity index (χ1n) is 8.67. The normalized spacial score (nSPS) is 10.4. The van der Waals surface area contributed by atoms with Crippen LogP contribution in [0.3, 0.4) is 0 Å². The first-order valence-corrected chi connectivity index (χ1v) is 9.55. The first kappa shape index (κ1) is 18.9. The summed E-state index contributed by atoms with van der Waals surface area (Å²) in [5, 5.41) is 5.67. The van der Waals surface area contributed by atoms with E-state index in [4.69, 9.17) is 9.47 Å². The van der Waals surface area contributed by atoms with Crippen LogP contribution in [0.2, 0.25) is 0 Å². The van der Waals surface area contributed by atoms with Gasteiger partial charge in [-0.1, -0.05) is 36.4 Å². The maximum absolute atomic E-state index is 12.3. The van der Waals surface area contributed by atoms with Crippen LogP contribution < -0.4 is 14.8 Å². The topological polar surface area (TPSA) is 60.5 Å². The van der Waals surface area contributed by atoms with Crippen molar-refractivity contribution < 1.29 is 14.3 Å². The molecular formula is C21H22N2O3S. The van der Waals surface area contributed by atoms with E-state index < -0.39 is 0 Å². The van der Waals surface area contributed by atoms with Gasteiger partial charge in [0.05, 0.1) is 19.2 Å². The molecule has 0 saturated carbocycles. The van der Waals surface area contributed by atoms with Gasteiger partial charge >= 0.3 is 0 Å². The highest BCUT2D eigenvalue weighted by atomic mass is 32.1. The highest BCUT2D eigenvalue weighted by molar-refractivity contribution is 7.09. The fourth-order valence-corrected chi connectivity index (χ4v) is 3.52. The molecule has 3 aromatic rings. The zero-order chi connectivity index (χ0) is 19.1. The maximum Gasteiger partial charge on any atom is 0.270 e. The quantitative estimate of drug-likeness (QED) is 0.645. The molecule has 0 saturated heterocycles.